The van der Waals surface area contributed by atoms with Crippen LogP contribution in [-0.4, -0.2) is 15.5 Å². The summed E-state index contributed by atoms with van der Waals surface area (Å²) in [7, 11) is -2.19. The van der Waals surface area contributed by atoms with Crippen LogP contribution in [0.2, 0.25) is 0 Å². The molecule has 0 aliphatic rings. The highest BCUT2D eigenvalue weighted by Crippen LogP contribution is 2.31. The second kappa shape index (κ2) is 5.82. The Morgan fingerprint density at radius 1 is 1.29 bits per heavy atom. The minimum atomic E-state index is -3.71. The molecule has 1 heterocycles. The van der Waals surface area contributed by atoms with Crippen molar-refractivity contribution < 1.29 is 12.8 Å². The lowest BCUT2D eigenvalue weighted by Crippen LogP contribution is -2.27. The van der Waals surface area contributed by atoms with E-state index in [4.69, 9.17) is 10.2 Å². The second-order valence-electron chi connectivity index (χ2n) is 4.82. The number of nitrogens with two attached hydrogens (primary N) is 1. The summed E-state index contributed by atoms with van der Waals surface area (Å²) in [5.74, 6) is 0.412. The molecule has 0 spiro atoms. The summed E-state index contributed by atoms with van der Waals surface area (Å²) < 4.78 is 32.1. The summed E-state index contributed by atoms with van der Waals surface area (Å²) in [4.78, 5) is 0.0745. The van der Waals surface area contributed by atoms with Crippen molar-refractivity contribution in [1.29, 1.82) is 0 Å². The summed E-state index contributed by atoms with van der Waals surface area (Å²) in [6.07, 6.45) is 0. The van der Waals surface area contributed by atoms with Gasteiger partial charge in [-0.25, -0.2) is 8.42 Å². The van der Waals surface area contributed by atoms with Crippen LogP contribution in [0.25, 0.3) is 0 Å². The Kier molecular flexibility index (Phi) is 4.46. The number of hydrogen-bond acceptors (Lipinski definition) is 4. The highest BCUT2D eigenvalue weighted by molar-refractivity contribution is 9.10. The summed E-state index contributed by atoms with van der Waals surface area (Å²) >= 11 is 3.14. The van der Waals surface area contributed by atoms with Crippen LogP contribution in [0.4, 0.5) is 5.69 Å². The van der Waals surface area contributed by atoms with Crippen LogP contribution >= 0.6 is 15.9 Å². The molecule has 1 aromatic heterocycles. The van der Waals surface area contributed by atoms with E-state index in [-0.39, 0.29) is 16.1 Å². The van der Waals surface area contributed by atoms with Crippen LogP contribution in [0.5, 0.6) is 0 Å². The average molecular weight is 373 g/mol. The Balaban J connectivity index is 2.49. The fourth-order valence-electron chi connectivity index (χ4n) is 2.11. The molecule has 7 heteroatoms. The highest BCUT2D eigenvalue weighted by atomic mass is 79.9. The van der Waals surface area contributed by atoms with Gasteiger partial charge in [0.15, 0.2) is 4.67 Å². The predicted molar refractivity (Wildman–Crippen MR) is 85.8 cm³/mol. The van der Waals surface area contributed by atoms with E-state index in [1.54, 1.807) is 6.07 Å². The van der Waals surface area contributed by atoms with Gasteiger partial charge in [0.25, 0.3) is 10.0 Å². The molecule has 2 N–H and O–H groups in total. The van der Waals surface area contributed by atoms with Crippen molar-refractivity contribution in [2.75, 3.05) is 11.4 Å². The van der Waals surface area contributed by atoms with Crippen molar-refractivity contribution >= 4 is 31.6 Å². The van der Waals surface area contributed by atoms with E-state index in [0.29, 0.717) is 11.4 Å². The standard InChI is InChI=1S/C14H17BrN2O3S/c1-9-4-5-12(10(2)6-9)17(3)21(18,19)13-7-11(8-16)20-14(13)15/h4-7H,8,16H2,1-3H3. The summed E-state index contributed by atoms with van der Waals surface area (Å²) in [5.41, 5.74) is 8.08. The number of aryl methyl sites for hydroxylation is 2. The lowest BCUT2D eigenvalue weighted by molar-refractivity contribution is 0.484. The topological polar surface area (TPSA) is 76.5 Å². The molecule has 114 valence electrons. The number of furan rings is 1. The first-order valence-electron chi connectivity index (χ1n) is 6.32. The summed E-state index contributed by atoms with van der Waals surface area (Å²) in [6.45, 7) is 3.98. The average Bonchev–Trinajstić information content (AvgIpc) is 2.80. The number of nitrogens with zero attached hydrogens (tertiary/aromatic N) is 1. The first-order chi connectivity index (χ1) is 9.77. The number of benzene rings is 1. The van der Waals surface area contributed by atoms with Crippen molar-refractivity contribution in [3.63, 3.8) is 0 Å². The van der Waals surface area contributed by atoms with Gasteiger partial charge >= 0.3 is 0 Å². The molecule has 5 nitrogen and oxygen atoms in total. The maximum Gasteiger partial charge on any atom is 0.268 e. The van der Waals surface area contributed by atoms with E-state index >= 15 is 0 Å². The molecular weight excluding hydrogens is 356 g/mol. The molecule has 2 rings (SSSR count). The van der Waals surface area contributed by atoms with Crippen molar-refractivity contribution in [2.45, 2.75) is 25.3 Å². The SMILES string of the molecule is Cc1ccc(N(C)S(=O)(=O)c2cc(CN)oc2Br)c(C)c1. The molecule has 2 aromatic rings. The molecule has 0 fully saturated rings. The van der Waals surface area contributed by atoms with Crippen LogP contribution in [-0.2, 0) is 16.6 Å². The zero-order valence-corrected chi connectivity index (χ0v) is 14.5. The Hall–Kier alpha value is -1.31. The number of halogens is 1. The lowest BCUT2D eigenvalue weighted by atomic mass is 10.1. The Morgan fingerprint density at radius 2 is 1.95 bits per heavy atom. The maximum absolute atomic E-state index is 12.7. The van der Waals surface area contributed by atoms with Crippen LogP contribution in [0, 0.1) is 13.8 Å². The molecule has 0 amide bonds. The highest BCUT2D eigenvalue weighted by Gasteiger charge is 2.28. The quantitative estimate of drug-likeness (QED) is 0.894. The van der Waals surface area contributed by atoms with Gasteiger partial charge in [-0.2, -0.15) is 0 Å². The van der Waals surface area contributed by atoms with Gasteiger partial charge in [-0.15, -0.1) is 0 Å². The molecule has 0 unspecified atom stereocenters. The van der Waals surface area contributed by atoms with Crippen molar-refractivity contribution in [2.24, 2.45) is 5.73 Å². The zero-order valence-electron chi connectivity index (χ0n) is 12.1. The smallest absolute Gasteiger partial charge is 0.268 e. The third-order valence-electron chi connectivity index (χ3n) is 3.24. The van der Waals surface area contributed by atoms with Crippen LogP contribution in [0.15, 0.2) is 38.2 Å². The van der Waals surface area contributed by atoms with E-state index in [1.165, 1.54) is 17.4 Å². The molecule has 1 aromatic carbocycles. The largest absolute Gasteiger partial charge is 0.452 e. The second-order valence-corrected chi connectivity index (χ2v) is 7.48. The third-order valence-corrected chi connectivity index (χ3v) is 5.87. The van der Waals surface area contributed by atoms with E-state index in [0.717, 1.165) is 11.1 Å². The normalized spacial score (nSPS) is 11.7. The Bertz CT molecular complexity index is 769. The van der Waals surface area contributed by atoms with Crippen LogP contribution in [0.1, 0.15) is 16.9 Å². The Labute approximate surface area is 132 Å². The van der Waals surface area contributed by atoms with Gasteiger partial charge < -0.3 is 10.2 Å². The molecule has 0 aliphatic heterocycles. The van der Waals surface area contributed by atoms with Crippen molar-refractivity contribution in [3.8, 4) is 0 Å². The summed E-state index contributed by atoms with van der Waals surface area (Å²) in [6, 6.07) is 7.06. The van der Waals surface area contributed by atoms with Gasteiger partial charge in [-0.1, -0.05) is 17.7 Å². The first-order valence-corrected chi connectivity index (χ1v) is 8.55. The van der Waals surface area contributed by atoms with Crippen LogP contribution < -0.4 is 10.0 Å². The molecule has 0 aliphatic carbocycles. The van der Waals surface area contributed by atoms with Gasteiger partial charge in [0.1, 0.15) is 10.7 Å². The number of anilines is 1. The fourth-order valence-corrected chi connectivity index (χ4v) is 4.33. The molecule has 0 radical (unpaired) electrons. The fraction of sp³-hybridized carbons (Fsp3) is 0.286. The van der Waals surface area contributed by atoms with Crippen LogP contribution in [0.3, 0.4) is 0 Å². The van der Waals surface area contributed by atoms with Gasteiger partial charge in [-0.05, 0) is 41.4 Å². The minimum Gasteiger partial charge on any atom is -0.452 e. The van der Waals surface area contributed by atoms with Gasteiger partial charge in [0, 0.05) is 13.1 Å². The molecule has 0 bridgehead atoms. The van der Waals surface area contributed by atoms with E-state index in [1.807, 2.05) is 26.0 Å². The summed E-state index contributed by atoms with van der Waals surface area (Å²) in [5, 5.41) is 0. The van der Waals surface area contributed by atoms with Gasteiger partial charge in [-0.3, -0.25) is 4.31 Å². The maximum atomic E-state index is 12.7. The molecule has 0 saturated heterocycles. The molecular formula is C14H17BrN2O3S. The van der Waals surface area contributed by atoms with Gasteiger partial charge in [0.05, 0.1) is 12.2 Å². The number of hydrogen-bond donors (Lipinski definition) is 1. The lowest BCUT2D eigenvalue weighted by Gasteiger charge is -2.21. The van der Waals surface area contributed by atoms with E-state index < -0.39 is 10.0 Å². The number of rotatable bonds is 4. The predicted octanol–water partition coefficient (Wildman–Crippen LogP) is 2.94. The van der Waals surface area contributed by atoms with E-state index in [2.05, 4.69) is 15.9 Å². The van der Waals surface area contributed by atoms with Crippen molar-refractivity contribution in [1.82, 2.24) is 0 Å². The molecule has 0 atom stereocenters. The zero-order chi connectivity index (χ0) is 15.8. The Morgan fingerprint density at radius 3 is 2.48 bits per heavy atom. The monoisotopic (exact) mass is 372 g/mol. The first kappa shape index (κ1) is 16.1. The third kappa shape index (κ3) is 3.00. The number of sulfonamides is 1. The molecule has 0 saturated carbocycles. The van der Waals surface area contributed by atoms with E-state index in [9.17, 15) is 8.42 Å². The van der Waals surface area contributed by atoms with Crippen molar-refractivity contribution in [3.05, 3.63) is 45.8 Å². The van der Waals surface area contributed by atoms with Gasteiger partial charge in [0.2, 0.25) is 0 Å². The minimum absolute atomic E-state index is 0.0745. The molecule has 21 heavy (non-hydrogen) atoms.